The van der Waals surface area contributed by atoms with Crippen molar-refractivity contribution in [2.24, 2.45) is 5.92 Å². The molecule has 48 heavy (non-hydrogen) atoms. The largest absolute Gasteiger partial charge is 0.466 e. The first kappa shape index (κ1) is 46.6. The fourth-order valence-electron chi connectivity index (χ4n) is 6.33. The Hall–Kier alpha value is -1.44. The number of carbonyl (C=O) groups is 2. The van der Waals surface area contributed by atoms with Crippen LogP contribution < -0.4 is 0 Å². The summed E-state index contributed by atoms with van der Waals surface area (Å²) < 4.78 is 11.1. The Morgan fingerprint density at radius 1 is 0.667 bits per heavy atom. The van der Waals surface area contributed by atoms with Gasteiger partial charge in [-0.05, 0) is 63.8 Å². The van der Waals surface area contributed by atoms with E-state index in [1.165, 1.54) is 57.8 Å². The number of unbranched alkanes of at least 4 members (excludes halogenated alkanes) is 14. The van der Waals surface area contributed by atoms with E-state index in [0.717, 1.165) is 103 Å². The minimum absolute atomic E-state index is 0.0754. The van der Waals surface area contributed by atoms with Crippen molar-refractivity contribution < 1.29 is 29.3 Å². The van der Waals surface area contributed by atoms with Crippen molar-refractivity contribution in [3.8, 4) is 0 Å². The number of carbonyl (C=O) groups excluding carboxylic acids is 2. The number of aliphatic hydroxyl groups excluding tert-OH is 2. The Morgan fingerprint density at radius 2 is 1.25 bits per heavy atom. The van der Waals surface area contributed by atoms with Crippen LogP contribution in [0, 0.1) is 5.92 Å². The van der Waals surface area contributed by atoms with Crippen molar-refractivity contribution in [3.05, 3.63) is 12.7 Å². The summed E-state index contributed by atoms with van der Waals surface area (Å²) in [6, 6.07) is 0. The molecule has 0 radical (unpaired) electrons. The third kappa shape index (κ3) is 30.6. The first-order chi connectivity index (χ1) is 23.4. The Kier molecular flexibility index (Phi) is 34.3. The van der Waals surface area contributed by atoms with E-state index in [0.29, 0.717) is 38.3 Å². The molecule has 0 spiro atoms. The fraction of sp³-hybridized carbons (Fsp3) is 0.902. The predicted octanol–water partition coefficient (Wildman–Crippen LogP) is 10.1. The molecule has 0 amide bonds. The summed E-state index contributed by atoms with van der Waals surface area (Å²) in [7, 11) is 0. The number of ether oxygens (including phenoxy) is 2. The molecule has 0 aliphatic heterocycles. The molecule has 7 heteroatoms. The van der Waals surface area contributed by atoms with Gasteiger partial charge in [-0.3, -0.25) is 9.59 Å². The van der Waals surface area contributed by atoms with Gasteiger partial charge >= 0.3 is 11.9 Å². The SMILES string of the molecule is C=CC(CCC(CC)CCCC)OC(=O)CCCCCCCN(CCCO)CC(O)CCCCCCC(=O)OCCCCCCCCC. The van der Waals surface area contributed by atoms with E-state index in [1.807, 2.05) is 0 Å². The Bertz CT molecular complexity index is 732. The van der Waals surface area contributed by atoms with Gasteiger partial charge in [0.1, 0.15) is 6.10 Å². The Labute approximate surface area is 297 Å². The lowest BCUT2D eigenvalue weighted by molar-refractivity contribution is -0.147. The smallest absolute Gasteiger partial charge is 0.306 e. The summed E-state index contributed by atoms with van der Waals surface area (Å²) >= 11 is 0. The van der Waals surface area contributed by atoms with Gasteiger partial charge in [-0.15, -0.1) is 0 Å². The lowest BCUT2D eigenvalue weighted by atomic mass is 9.93. The predicted molar refractivity (Wildman–Crippen MR) is 201 cm³/mol. The minimum atomic E-state index is -0.370. The van der Waals surface area contributed by atoms with Gasteiger partial charge in [0.15, 0.2) is 0 Å². The maximum Gasteiger partial charge on any atom is 0.306 e. The van der Waals surface area contributed by atoms with Gasteiger partial charge in [0, 0.05) is 32.5 Å². The Balaban J connectivity index is 3.96. The molecule has 0 aromatic heterocycles. The molecule has 0 heterocycles. The summed E-state index contributed by atoms with van der Waals surface area (Å²) in [5.41, 5.74) is 0. The molecule has 0 aliphatic carbocycles. The number of rotatable bonds is 37. The summed E-state index contributed by atoms with van der Waals surface area (Å²) in [4.78, 5) is 26.6. The van der Waals surface area contributed by atoms with E-state index in [9.17, 15) is 19.8 Å². The third-order valence-corrected chi connectivity index (χ3v) is 9.58. The van der Waals surface area contributed by atoms with Crippen LogP contribution in [-0.4, -0.2) is 72.1 Å². The monoisotopic (exact) mass is 682 g/mol. The second-order valence-corrected chi connectivity index (χ2v) is 14.1. The van der Waals surface area contributed by atoms with Crippen LogP contribution in [0.3, 0.4) is 0 Å². The van der Waals surface area contributed by atoms with Crippen LogP contribution in [0.15, 0.2) is 12.7 Å². The zero-order valence-electron chi connectivity index (χ0n) is 31.9. The second kappa shape index (κ2) is 35.4. The highest BCUT2D eigenvalue weighted by Gasteiger charge is 2.15. The zero-order chi connectivity index (χ0) is 35.5. The van der Waals surface area contributed by atoms with E-state index in [2.05, 4.69) is 32.3 Å². The van der Waals surface area contributed by atoms with Gasteiger partial charge < -0.3 is 24.6 Å². The van der Waals surface area contributed by atoms with Gasteiger partial charge in [-0.2, -0.15) is 0 Å². The molecular formula is C41H79NO6. The molecule has 0 saturated carbocycles. The zero-order valence-corrected chi connectivity index (χ0v) is 31.9. The number of aliphatic hydroxyl groups is 2. The van der Waals surface area contributed by atoms with Gasteiger partial charge in [0.25, 0.3) is 0 Å². The maximum absolute atomic E-state index is 12.4. The second-order valence-electron chi connectivity index (χ2n) is 14.1. The van der Waals surface area contributed by atoms with Gasteiger partial charge in [0.2, 0.25) is 0 Å². The molecule has 3 unspecified atom stereocenters. The fourth-order valence-corrected chi connectivity index (χ4v) is 6.33. The van der Waals surface area contributed by atoms with Crippen molar-refractivity contribution in [2.75, 3.05) is 32.8 Å². The van der Waals surface area contributed by atoms with Crippen molar-refractivity contribution in [1.82, 2.24) is 4.90 Å². The number of hydrogen-bond donors (Lipinski definition) is 2. The first-order valence-electron chi connectivity index (χ1n) is 20.4. The third-order valence-electron chi connectivity index (χ3n) is 9.58. The van der Waals surface area contributed by atoms with E-state index < -0.39 is 0 Å². The summed E-state index contributed by atoms with van der Waals surface area (Å²) in [6.07, 6.45) is 28.0. The minimum Gasteiger partial charge on any atom is -0.466 e. The van der Waals surface area contributed by atoms with Crippen LogP contribution in [0.2, 0.25) is 0 Å². The van der Waals surface area contributed by atoms with Crippen molar-refractivity contribution in [2.45, 2.75) is 200 Å². The molecule has 0 fully saturated rings. The summed E-state index contributed by atoms with van der Waals surface area (Å²) in [6.45, 7) is 13.7. The number of esters is 2. The average molecular weight is 682 g/mol. The summed E-state index contributed by atoms with van der Waals surface area (Å²) in [5.74, 6) is 0.522. The Morgan fingerprint density at radius 3 is 1.90 bits per heavy atom. The highest BCUT2D eigenvalue weighted by Crippen LogP contribution is 2.21. The van der Waals surface area contributed by atoms with E-state index in [-0.39, 0.29) is 30.8 Å². The molecule has 0 aliphatic rings. The molecule has 284 valence electrons. The topological polar surface area (TPSA) is 96.3 Å². The standard InChI is InChI=1S/C41H79NO6/c1-5-9-11-12-13-19-24-35-47-40(45)28-21-17-16-20-27-38(44)36-42(33-25-34-43)32-23-18-14-15-22-29-41(46)48-39(8-4)31-30-37(7-3)26-10-6-2/h8,37-39,43-44H,4-7,9-36H2,1-3H3. The van der Waals surface area contributed by atoms with Crippen LogP contribution in [0.5, 0.6) is 0 Å². The molecule has 0 bridgehead atoms. The number of nitrogens with zero attached hydrogens (tertiary/aromatic N) is 1. The molecule has 0 aromatic rings. The molecule has 2 N–H and O–H groups in total. The summed E-state index contributed by atoms with van der Waals surface area (Å²) in [5, 5.41) is 20.0. The molecule has 7 nitrogen and oxygen atoms in total. The van der Waals surface area contributed by atoms with Gasteiger partial charge in [0.05, 0.1) is 12.7 Å². The average Bonchev–Trinajstić information content (AvgIpc) is 3.08. The van der Waals surface area contributed by atoms with E-state index >= 15 is 0 Å². The van der Waals surface area contributed by atoms with Crippen molar-refractivity contribution in [1.29, 1.82) is 0 Å². The van der Waals surface area contributed by atoms with E-state index in [1.54, 1.807) is 6.08 Å². The molecular weight excluding hydrogens is 602 g/mol. The quantitative estimate of drug-likeness (QED) is 0.0383. The maximum atomic E-state index is 12.4. The number of hydrogen-bond acceptors (Lipinski definition) is 7. The molecule has 0 rings (SSSR count). The van der Waals surface area contributed by atoms with Crippen LogP contribution >= 0.6 is 0 Å². The van der Waals surface area contributed by atoms with Gasteiger partial charge in [-0.1, -0.05) is 136 Å². The van der Waals surface area contributed by atoms with Crippen LogP contribution in [-0.2, 0) is 19.1 Å². The lowest BCUT2D eigenvalue weighted by Crippen LogP contribution is -2.34. The normalized spacial score (nSPS) is 13.4. The lowest BCUT2D eigenvalue weighted by Gasteiger charge is -2.25. The van der Waals surface area contributed by atoms with Crippen LogP contribution in [0.25, 0.3) is 0 Å². The van der Waals surface area contributed by atoms with Gasteiger partial charge in [-0.25, -0.2) is 0 Å². The highest BCUT2D eigenvalue weighted by atomic mass is 16.5. The van der Waals surface area contributed by atoms with E-state index in [4.69, 9.17) is 9.47 Å². The van der Waals surface area contributed by atoms with Crippen LogP contribution in [0.1, 0.15) is 188 Å². The highest BCUT2D eigenvalue weighted by molar-refractivity contribution is 5.69. The van der Waals surface area contributed by atoms with Crippen molar-refractivity contribution >= 4 is 11.9 Å². The molecule has 0 aromatic carbocycles. The molecule has 0 saturated heterocycles. The first-order valence-corrected chi connectivity index (χ1v) is 20.4. The molecule has 3 atom stereocenters. The van der Waals surface area contributed by atoms with Crippen LogP contribution in [0.4, 0.5) is 0 Å². The van der Waals surface area contributed by atoms with Crippen molar-refractivity contribution in [3.63, 3.8) is 0 Å².